The van der Waals surface area contributed by atoms with E-state index in [2.05, 4.69) is 99.4 Å². The highest BCUT2D eigenvalue weighted by Gasteiger charge is 2.48. The maximum Gasteiger partial charge on any atom is 0.435 e. The number of aromatic nitrogens is 18. The van der Waals surface area contributed by atoms with Gasteiger partial charge in [0.05, 0.1) is 44.6 Å². The Morgan fingerprint density at radius 2 is 0.505 bits per heavy atom. The van der Waals surface area contributed by atoms with Crippen LogP contribution >= 0.6 is 0 Å². The number of nitriles is 2. The molecule has 41 heteroatoms. The number of hydrogen-bond donors (Lipinski definition) is 0. The van der Waals surface area contributed by atoms with Gasteiger partial charge in [-0.15, -0.1) is 9.97 Å². The molecular weight excluding hydrogens is 1410 g/mol. The van der Waals surface area contributed by atoms with E-state index in [9.17, 15) is 93.9 Å². The summed E-state index contributed by atoms with van der Waals surface area (Å²) in [5, 5.41) is 18.8. The lowest BCUT2D eigenvalue weighted by molar-refractivity contribution is -0.167. The van der Waals surface area contributed by atoms with E-state index in [4.69, 9.17) is 13.1 Å². The quantitative estimate of drug-likeness (QED) is 0.0590. The molecule has 6 aromatic carbocycles. The number of aryl methyl sites for hydroxylation is 5. The zero-order valence-corrected chi connectivity index (χ0v) is 51.0. The minimum Gasteiger partial charge on any atom is -0.370 e. The second-order valence-electron chi connectivity index (χ2n) is 22.1. The summed E-state index contributed by atoms with van der Waals surface area (Å²) in [4.78, 5) is 75.9. The SMILES string of the molecule is Cc1cc(C(F)(F)F)c2nc3c4nc(C(F)(F)F)c(C(F)(F)F)nc4c4nc(C)c(C)nc4c3nc2c1.Cc1cc(C(F)(F)F)c2nc3c4nc(F)c(F)nc4c4nc(F)c(F)nc4c3nc2c1.[C-]#[N+]c1nc2c3nc(C#N)c(C#N)nc3c3nc4c(C(F)(F)F)cc(C)cc4nc3c2nc1[N+]#[C-]. The number of rotatable bonds is 0. The summed E-state index contributed by atoms with van der Waals surface area (Å²) in [7, 11) is 0. The van der Waals surface area contributed by atoms with Crippen LogP contribution in [0.3, 0.4) is 0 Å². The zero-order valence-electron chi connectivity index (χ0n) is 51.0. The van der Waals surface area contributed by atoms with Crippen molar-refractivity contribution >= 4 is 144 Å². The molecule has 0 spiro atoms. The molecule has 0 fully saturated rings. The highest BCUT2D eigenvalue weighted by atomic mass is 19.4. The fourth-order valence-corrected chi connectivity index (χ4v) is 10.9. The average Bonchev–Trinajstić information content (AvgIpc) is 0.726. The van der Waals surface area contributed by atoms with Crippen molar-refractivity contribution in [2.75, 3.05) is 0 Å². The predicted octanol–water partition coefficient (Wildman–Crippen LogP) is 16.0. The van der Waals surface area contributed by atoms with E-state index in [1.165, 1.54) is 52.8 Å². The summed E-state index contributed by atoms with van der Waals surface area (Å²) in [6.45, 7) is 21.9. The van der Waals surface area contributed by atoms with Crippen molar-refractivity contribution in [3.63, 3.8) is 0 Å². The number of nitrogens with zero attached hydrogens (tertiary/aromatic N) is 22. The highest BCUT2D eigenvalue weighted by molar-refractivity contribution is 6.22. The smallest absolute Gasteiger partial charge is 0.370 e. The number of alkyl halides is 15. The van der Waals surface area contributed by atoms with Gasteiger partial charge in [0.2, 0.25) is 11.0 Å². The molecule has 0 saturated carbocycles. The van der Waals surface area contributed by atoms with Gasteiger partial charge in [-0.2, -0.15) is 93.9 Å². The van der Waals surface area contributed by atoms with Crippen molar-refractivity contribution in [3.8, 4) is 12.1 Å². The van der Waals surface area contributed by atoms with E-state index >= 15 is 0 Å². The lowest BCUT2D eigenvalue weighted by Crippen LogP contribution is -2.21. The van der Waals surface area contributed by atoms with E-state index in [-0.39, 0.29) is 117 Å². The van der Waals surface area contributed by atoms with Crippen molar-refractivity contribution in [1.82, 2.24) is 89.7 Å². The topological polar surface area (TPSA) is 288 Å². The molecule has 15 aromatic rings. The molecule has 0 aliphatic rings. The first kappa shape index (κ1) is 68.3. The Bertz CT molecular complexity index is 6550. The first-order valence-corrected chi connectivity index (χ1v) is 28.2. The van der Waals surface area contributed by atoms with Gasteiger partial charge in [-0.1, -0.05) is 13.1 Å². The third kappa shape index (κ3) is 11.5. The van der Waals surface area contributed by atoms with Crippen LogP contribution in [0.2, 0.25) is 0 Å². The van der Waals surface area contributed by atoms with Gasteiger partial charge in [0.1, 0.15) is 117 Å². The van der Waals surface area contributed by atoms with E-state index in [1.54, 1.807) is 12.1 Å². The van der Waals surface area contributed by atoms with Gasteiger partial charge in [0, 0.05) is 0 Å². The Morgan fingerprint density at radius 3 is 0.748 bits per heavy atom. The van der Waals surface area contributed by atoms with Crippen LogP contribution in [-0.2, 0) is 30.9 Å². The van der Waals surface area contributed by atoms with Gasteiger partial charge in [0.25, 0.3) is 35.4 Å². The Hall–Kier alpha value is -13.2. The average molecular weight is 1430 g/mol. The fourth-order valence-electron chi connectivity index (χ4n) is 10.9. The van der Waals surface area contributed by atoms with E-state index in [0.717, 1.165) is 18.2 Å². The number of benzene rings is 6. The first-order valence-electron chi connectivity index (χ1n) is 28.2. The van der Waals surface area contributed by atoms with Crippen molar-refractivity contribution in [3.05, 3.63) is 151 Å². The Labute approximate surface area is 554 Å². The molecule has 0 amide bonds. The summed E-state index contributed by atoms with van der Waals surface area (Å²) in [6, 6.07) is 9.98. The maximum absolute atomic E-state index is 13.8. The van der Waals surface area contributed by atoms with Gasteiger partial charge in [0.15, 0.2) is 22.8 Å². The van der Waals surface area contributed by atoms with Gasteiger partial charge < -0.3 is 9.69 Å². The van der Waals surface area contributed by atoms with Crippen LogP contribution < -0.4 is 0 Å². The Kier molecular flexibility index (Phi) is 15.6. The molecule has 0 saturated heterocycles. The minimum absolute atomic E-state index is 0.0458. The molecule has 0 N–H and O–H groups in total. The van der Waals surface area contributed by atoms with E-state index in [0.29, 0.717) is 5.69 Å². The lowest BCUT2D eigenvalue weighted by atomic mass is 10.1. The van der Waals surface area contributed by atoms with Crippen LogP contribution in [0, 0.1) is 94.2 Å². The maximum atomic E-state index is 13.8. The van der Waals surface area contributed by atoms with Crippen LogP contribution in [0.1, 0.15) is 67.5 Å². The standard InChI is InChI=1S/C22H11F9N6.C22H5F3N10.C18H5F7N6/c1-6-4-9(20(23,24)25)11-10(5-6)34-14-12-13(33-8(3)7(2)32-12)16-17(15(14)35-11)37-19(22(29,30)31)18(36-16)21(26,27)28;1-8-4-9(22(23,24)25)13-10(5-8)30-16-17(33-13)14-15(32-12(7-27)11(6-26)31-14)18-19(16)35-21(29-3)20(28-2)34-18;1-4-2-5(18(23,24)25)7-6(3-4)26-8-9(27-7)11-13(31-17(22)15(20)29-11)12-10(8)28-14(19)16(21)30-12/h4-5H,1-3H3;4-5H,1H3;2-3H,1H3. The molecule has 9 aromatic heterocycles. The van der Waals surface area contributed by atoms with Gasteiger partial charge >= 0.3 is 30.9 Å². The third-order valence-corrected chi connectivity index (χ3v) is 15.2. The minimum atomic E-state index is -5.60. The predicted molar refractivity (Wildman–Crippen MR) is 320 cm³/mol. The molecule has 103 heavy (non-hydrogen) atoms. The Morgan fingerprint density at radius 1 is 0.282 bits per heavy atom. The molecule has 0 bridgehead atoms. The second-order valence-corrected chi connectivity index (χ2v) is 22.1. The van der Waals surface area contributed by atoms with E-state index < -0.39 is 143 Å². The third-order valence-electron chi connectivity index (χ3n) is 15.2. The summed E-state index contributed by atoms with van der Waals surface area (Å²) < 4.78 is 260. The molecule has 22 nitrogen and oxygen atoms in total. The number of fused-ring (bicyclic) bond motifs is 21. The van der Waals surface area contributed by atoms with Crippen LogP contribution in [0.4, 0.5) is 95.1 Å². The molecule has 0 atom stereocenters. The van der Waals surface area contributed by atoms with E-state index in [1.807, 2.05) is 0 Å². The molecule has 512 valence electrons. The second kappa shape index (κ2) is 23.5. The monoisotopic (exact) mass is 1430 g/mol. The summed E-state index contributed by atoms with van der Waals surface area (Å²) >= 11 is 0. The lowest BCUT2D eigenvalue weighted by Gasteiger charge is -2.17. The summed E-state index contributed by atoms with van der Waals surface area (Å²) in [5.41, 5.74) is -16.5. The molecule has 9 heterocycles. The van der Waals surface area contributed by atoms with Crippen LogP contribution in [0.15, 0.2) is 36.4 Å². The largest absolute Gasteiger partial charge is 0.435 e. The van der Waals surface area contributed by atoms with Gasteiger partial charge in [-0.05, 0) is 87.7 Å². The van der Waals surface area contributed by atoms with Crippen molar-refractivity contribution in [2.45, 2.75) is 65.5 Å². The summed E-state index contributed by atoms with van der Waals surface area (Å²) in [6.07, 6.45) is -25.6. The van der Waals surface area contributed by atoms with Crippen LogP contribution in [-0.4, -0.2) is 89.7 Å². The van der Waals surface area contributed by atoms with Crippen molar-refractivity contribution in [2.24, 2.45) is 0 Å². The van der Waals surface area contributed by atoms with Crippen molar-refractivity contribution < 1.29 is 83.4 Å². The zero-order chi connectivity index (χ0) is 74.5. The van der Waals surface area contributed by atoms with Gasteiger partial charge in [-0.3, -0.25) is 0 Å². The fraction of sp³-hybridized carbons (Fsp3) is 0.161. The van der Waals surface area contributed by atoms with Crippen LogP contribution in [0.25, 0.3) is 142 Å². The first-order chi connectivity index (χ1) is 48.2. The molecule has 15 rings (SSSR count). The molecule has 0 aliphatic carbocycles. The molecular formula is C62H21F19N22. The Balaban J connectivity index is 0.000000138. The number of hydrogen-bond acceptors (Lipinski definition) is 20. The number of halogens is 19. The van der Waals surface area contributed by atoms with Crippen molar-refractivity contribution in [1.29, 1.82) is 10.5 Å². The van der Waals surface area contributed by atoms with Gasteiger partial charge in [-0.25, -0.2) is 79.7 Å². The molecule has 0 unspecified atom stereocenters. The highest BCUT2D eigenvalue weighted by Crippen LogP contribution is 2.45. The summed E-state index contributed by atoms with van der Waals surface area (Å²) in [5.74, 6) is -7.33. The normalized spacial score (nSPS) is 12.4. The molecule has 0 aliphatic heterocycles. The molecule has 0 radical (unpaired) electrons. The van der Waals surface area contributed by atoms with Crippen LogP contribution in [0.5, 0.6) is 0 Å².